The zero-order valence-electron chi connectivity index (χ0n) is 11.6. The van der Waals surface area contributed by atoms with Crippen LogP contribution in [0.5, 0.6) is 11.5 Å². The Morgan fingerprint density at radius 2 is 2.00 bits per heavy atom. The molecule has 1 aromatic carbocycles. The van der Waals surface area contributed by atoms with Gasteiger partial charge >= 0.3 is 0 Å². The molecule has 0 saturated carbocycles. The van der Waals surface area contributed by atoms with Gasteiger partial charge in [-0.2, -0.15) is 0 Å². The number of carbonyl (C=O) groups excluding carboxylic acids is 1. The first-order valence-corrected chi connectivity index (χ1v) is 6.21. The topological polar surface area (TPSA) is 118 Å². The highest BCUT2D eigenvalue weighted by atomic mass is 19.1. The van der Waals surface area contributed by atoms with Crippen molar-refractivity contribution in [2.45, 2.75) is 12.8 Å². The number of nitrogen functional groups attached to an aromatic ring is 1. The van der Waals surface area contributed by atoms with Gasteiger partial charge in [-0.3, -0.25) is 9.78 Å². The molecule has 0 atom stereocenters. The average molecular weight is 307 g/mol. The van der Waals surface area contributed by atoms with Crippen LogP contribution < -0.4 is 15.8 Å². The highest BCUT2D eigenvalue weighted by Crippen LogP contribution is 2.24. The maximum atomic E-state index is 13.3. The Balaban J connectivity index is 2.17. The van der Waals surface area contributed by atoms with Gasteiger partial charge in [-0.25, -0.2) is 4.39 Å². The van der Waals surface area contributed by atoms with Crippen LogP contribution >= 0.6 is 0 Å². The summed E-state index contributed by atoms with van der Waals surface area (Å²) in [4.78, 5) is 15.5. The molecule has 0 aliphatic rings. The number of benzene rings is 1. The Labute approximate surface area is 125 Å². The first-order valence-electron chi connectivity index (χ1n) is 6.21. The lowest BCUT2D eigenvalue weighted by Gasteiger charge is -2.17. The molecular weight excluding hydrogens is 293 g/mol. The Kier molecular flexibility index (Phi) is 4.25. The SMILES string of the molecule is CC(O)(O)NC(=O)c1cc(Oc2ccc(N)c(F)c2)ccn1. The molecule has 2 rings (SSSR count). The van der Waals surface area contributed by atoms with Crippen LogP contribution in [0.15, 0.2) is 36.5 Å². The molecule has 2 aromatic rings. The molecule has 0 saturated heterocycles. The number of ether oxygens (including phenoxy) is 1. The van der Waals surface area contributed by atoms with Gasteiger partial charge in [-0.1, -0.05) is 0 Å². The van der Waals surface area contributed by atoms with E-state index >= 15 is 0 Å². The second-order valence-corrected chi connectivity index (χ2v) is 4.64. The standard InChI is InChI=1S/C14H14FN3O4/c1-14(20,21)18-13(19)12-7-9(4-5-17-12)22-8-2-3-11(16)10(15)6-8/h2-7,20-21H,16H2,1H3,(H,18,19). The van der Waals surface area contributed by atoms with Crippen molar-refractivity contribution in [3.05, 3.63) is 48.0 Å². The molecule has 116 valence electrons. The third-order valence-corrected chi connectivity index (χ3v) is 2.52. The van der Waals surface area contributed by atoms with Crippen LogP contribution in [0.4, 0.5) is 10.1 Å². The highest BCUT2D eigenvalue weighted by molar-refractivity contribution is 5.92. The summed E-state index contributed by atoms with van der Waals surface area (Å²) in [5, 5.41) is 20.2. The molecular formula is C14H14FN3O4. The second kappa shape index (κ2) is 5.96. The van der Waals surface area contributed by atoms with Crippen molar-refractivity contribution in [1.29, 1.82) is 0 Å². The van der Waals surface area contributed by atoms with E-state index in [1.807, 2.05) is 5.32 Å². The number of nitrogens with two attached hydrogens (primary N) is 1. The lowest BCUT2D eigenvalue weighted by molar-refractivity contribution is -0.160. The van der Waals surface area contributed by atoms with Crippen molar-refractivity contribution >= 4 is 11.6 Å². The maximum Gasteiger partial charge on any atom is 0.274 e. The van der Waals surface area contributed by atoms with E-state index in [2.05, 4.69) is 4.98 Å². The summed E-state index contributed by atoms with van der Waals surface area (Å²) < 4.78 is 18.7. The number of aromatic nitrogens is 1. The molecule has 1 heterocycles. The summed E-state index contributed by atoms with van der Waals surface area (Å²) in [6, 6.07) is 6.66. The summed E-state index contributed by atoms with van der Waals surface area (Å²) >= 11 is 0. The zero-order valence-corrected chi connectivity index (χ0v) is 11.6. The number of aliphatic hydroxyl groups is 2. The predicted octanol–water partition coefficient (Wildman–Crippen LogP) is 0.983. The van der Waals surface area contributed by atoms with Gasteiger partial charge in [0.1, 0.15) is 23.0 Å². The minimum Gasteiger partial charge on any atom is -0.457 e. The van der Waals surface area contributed by atoms with Crippen molar-refractivity contribution in [3.63, 3.8) is 0 Å². The monoisotopic (exact) mass is 307 g/mol. The minimum atomic E-state index is -2.37. The van der Waals surface area contributed by atoms with Gasteiger partial charge in [0.05, 0.1) is 5.69 Å². The fourth-order valence-corrected chi connectivity index (χ4v) is 1.59. The molecule has 0 fully saturated rings. The van der Waals surface area contributed by atoms with E-state index in [0.29, 0.717) is 0 Å². The Bertz CT molecular complexity index is 701. The molecule has 1 amide bonds. The number of pyridine rings is 1. The Hall–Kier alpha value is -2.71. The van der Waals surface area contributed by atoms with Gasteiger partial charge in [0.25, 0.3) is 5.91 Å². The van der Waals surface area contributed by atoms with Crippen LogP contribution in [-0.2, 0) is 0 Å². The van der Waals surface area contributed by atoms with E-state index in [1.165, 1.54) is 30.5 Å². The van der Waals surface area contributed by atoms with Gasteiger partial charge in [0.2, 0.25) is 5.91 Å². The molecule has 1 aromatic heterocycles. The van der Waals surface area contributed by atoms with E-state index in [1.54, 1.807) is 0 Å². The Morgan fingerprint density at radius 1 is 1.32 bits per heavy atom. The summed E-state index contributed by atoms with van der Waals surface area (Å²) in [6.45, 7) is 0.988. The number of nitrogens with one attached hydrogen (secondary N) is 1. The molecule has 7 nitrogen and oxygen atoms in total. The largest absolute Gasteiger partial charge is 0.457 e. The predicted molar refractivity (Wildman–Crippen MR) is 75.4 cm³/mol. The molecule has 0 bridgehead atoms. The number of hydrogen-bond acceptors (Lipinski definition) is 6. The Morgan fingerprint density at radius 3 is 2.64 bits per heavy atom. The number of amides is 1. The number of anilines is 1. The number of halogens is 1. The van der Waals surface area contributed by atoms with Gasteiger partial charge in [-0.05, 0) is 18.2 Å². The first kappa shape index (κ1) is 15.7. The molecule has 0 aliphatic carbocycles. The normalized spacial score (nSPS) is 11.1. The molecule has 5 N–H and O–H groups in total. The molecule has 0 unspecified atom stereocenters. The van der Waals surface area contributed by atoms with E-state index in [9.17, 15) is 9.18 Å². The van der Waals surface area contributed by atoms with Crippen LogP contribution in [0.2, 0.25) is 0 Å². The van der Waals surface area contributed by atoms with Crippen LogP contribution in [0, 0.1) is 5.82 Å². The number of carbonyl (C=O) groups is 1. The van der Waals surface area contributed by atoms with Gasteiger partial charge in [0.15, 0.2) is 0 Å². The molecule has 0 spiro atoms. The molecule has 0 aliphatic heterocycles. The maximum absolute atomic E-state index is 13.3. The van der Waals surface area contributed by atoms with Gasteiger partial charge in [-0.15, -0.1) is 0 Å². The van der Waals surface area contributed by atoms with Gasteiger partial charge in [0, 0.05) is 25.3 Å². The van der Waals surface area contributed by atoms with E-state index in [4.69, 9.17) is 20.7 Å². The lowest BCUT2D eigenvalue weighted by atomic mass is 10.3. The highest BCUT2D eigenvalue weighted by Gasteiger charge is 2.20. The fourth-order valence-electron chi connectivity index (χ4n) is 1.59. The van der Waals surface area contributed by atoms with Crippen molar-refractivity contribution in [1.82, 2.24) is 10.3 Å². The molecule has 0 radical (unpaired) electrons. The molecule has 22 heavy (non-hydrogen) atoms. The second-order valence-electron chi connectivity index (χ2n) is 4.64. The van der Waals surface area contributed by atoms with Crippen molar-refractivity contribution < 1.29 is 24.1 Å². The van der Waals surface area contributed by atoms with Crippen LogP contribution in [0.3, 0.4) is 0 Å². The van der Waals surface area contributed by atoms with Crippen LogP contribution in [-0.4, -0.2) is 27.0 Å². The lowest BCUT2D eigenvalue weighted by Crippen LogP contribution is -2.45. The van der Waals surface area contributed by atoms with E-state index in [0.717, 1.165) is 13.0 Å². The third-order valence-electron chi connectivity index (χ3n) is 2.52. The first-order chi connectivity index (χ1) is 10.2. The van der Waals surface area contributed by atoms with Crippen molar-refractivity contribution in [3.8, 4) is 11.5 Å². The van der Waals surface area contributed by atoms with E-state index in [-0.39, 0.29) is 22.9 Å². The summed E-state index contributed by atoms with van der Waals surface area (Å²) in [5.41, 5.74) is 5.26. The minimum absolute atomic E-state index is 0.00711. The summed E-state index contributed by atoms with van der Waals surface area (Å²) in [6.07, 6.45) is 1.30. The number of nitrogens with zero attached hydrogens (tertiary/aromatic N) is 1. The molecule has 8 heteroatoms. The number of hydrogen-bond donors (Lipinski definition) is 4. The van der Waals surface area contributed by atoms with Crippen molar-refractivity contribution in [2.24, 2.45) is 0 Å². The average Bonchev–Trinajstić information content (AvgIpc) is 2.41. The fraction of sp³-hybridized carbons (Fsp3) is 0.143. The smallest absolute Gasteiger partial charge is 0.274 e. The number of rotatable bonds is 4. The summed E-state index contributed by atoms with van der Waals surface area (Å²) in [7, 11) is 0. The third kappa shape index (κ3) is 4.14. The van der Waals surface area contributed by atoms with Crippen LogP contribution in [0.25, 0.3) is 0 Å². The quantitative estimate of drug-likeness (QED) is 0.494. The van der Waals surface area contributed by atoms with E-state index < -0.39 is 17.6 Å². The zero-order chi connectivity index (χ0) is 16.3. The summed E-state index contributed by atoms with van der Waals surface area (Å²) in [5.74, 6) is -3.38. The van der Waals surface area contributed by atoms with Crippen molar-refractivity contribution in [2.75, 3.05) is 5.73 Å². The van der Waals surface area contributed by atoms with Gasteiger partial charge < -0.3 is 26.0 Å². The van der Waals surface area contributed by atoms with Crippen LogP contribution in [0.1, 0.15) is 17.4 Å².